The van der Waals surface area contributed by atoms with Crippen molar-refractivity contribution >= 4 is 29.1 Å². The fourth-order valence-corrected chi connectivity index (χ4v) is 3.16. The number of carbonyl (C=O) groups is 1. The molecule has 3 rings (SSSR count). The Morgan fingerprint density at radius 3 is 2.61 bits per heavy atom. The molecule has 7 heteroatoms. The number of anilines is 1. The summed E-state index contributed by atoms with van der Waals surface area (Å²) in [6, 6.07) is 14.1. The third-order valence-electron chi connectivity index (χ3n) is 4.90. The monoisotopic (exact) mass is 443 g/mol. The van der Waals surface area contributed by atoms with Crippen molar-refractivity contribution in [1.82, 2.24) is 19.8 Å². The molecule has 0 radical (unpaired) electrons. The van der Waals surface area contributed by atoms with E-state index in [-0.39, 0.29) is 11.7 Å². The van der Waals surface area contributed by atoms with Gasteiger partial charge in [-0.15, -0.1) is 0 Å². The summed E-state index contributed by atoms with van der Waals surface area (Å²) < 4.78 is 1.84. The molecule has 170 valence electrons. The van der Waals surface area contributed by atoms with E-state index in [9.17, 15) is 9.90 Å². The molecule has 3 aromatic rings. The fraction of sp³-hybridized carbons (Fsp3) is 0.154. The van der Waals surface area contributed by atoms with Gasteiger partial charge in [0.1, 0.15) is 5.75 Å². The number of benzene rings is 2. The summed E-state index contributed by atoms with van der Waals surface area (Å²) in [6.07, 6.45) is 7.14. The van der Waals surface area contributed by atoms with Gasteiger partial charge in [0.05, 0.1) is 5.70 Å². The molecule has 2 aromatic carbocycles. The number of carbonyl (C=O) groups excluding carboxylic acids is 1. The molecule has 7 nitrogen and oxygen atoms in total. The number of likely N-dealkylation sites (N-methyl/N-ethyl adjacent to an activating group) is 1. The number of imidazole rings is 1. The Bertz CT molecular complexity index is 1160. The Hall–Kier alpha value is -4.10. The van der Waals surface area contributed by atoms with Crippen LogP contribution in [0.4, 0.5) is 5.69 Å². The molecule has 0 aliphatic carbocycles. The second-order valence-corrected chi connectivity index (χ2v) is 7.74. The van der Waals surface area contributed by atoms with Gasteiger partial charge >= 0.3 is 0 Å². The second-order valence-electron chi connectivity index (χ2n) is 7.74. The van der Waals surface area contributed by atoms with E-state index in [0.717, 1.165) is 23.4 Å². The Morgan fingerprint density at radius 1 is 1.18 bits per heavy atom. The minimum absolute atomic E-state index is 0.114. The highest BCUT2D eigenvalue weighted by molar-refractivity contribution is 5.96. The van der Waals surface area contributed by atoms with Crippen molar-refractivity contribution in [3.63, 3.8) is 0 Å². The van der Waals surface area contributed by atoms with Crippen molar-refractivity contribution in [2.24, 2.45) is 0 Å². The number of amides is 1. The number of aromatic nitrogens is 2. The van der Waals surface area contributed by atoms with E-state index in [1.165, 1.54) is 0 Å². The molecule has 0 bridgehead atoms. The first-order valence-corrected chi connectivity index (χ1v) is 10.5. The average molecular weight is 444 g/mol. The standard InChI is InChI=1S/C26H29N5O2/c1-5-20(21-7-6-8-22(17-21)26(33)28-13-15-30(3)4)18-31-16-14-27-25(31)19(2)29-23-9-11-24(32)12-10-23/h5-12,14,16-18,29,32H,1-2,13,15H2,3-4H3,(H,28,33)/b20-18+. The quantitative estimate of drug-likeness (QED) is 0.324. The first-order chi connectivity index (χ1) is 15.9. The molecule has 0 atom stereocenters. The van der Waals surface area contributed by atoms with Crippen molar-refractivity contribution in [1.29, 1.82) is 0 Å². The van der Waals surface area contributed by atoms with E-state index in [1.807, 2.05) is 54.2 Å². The Balaban J connectivity index is 1.80. The SMILES string of the molecule is C=C/C(=C\n1ccnc1C(=C)Nc1ccc(O)cc1)c1cccc(C(=O)NCCN(C)C)c1. The maximum absolute atomic E-state index is 12.5. The molecule has 33 heavy (non-hydrogen) atoms. The average Bonchev–Trinajstić information content (AvgIpc) is 3.27. The first-order valence-electron chi connectivity index (χ1n) is 10.5. The normalized spacial score (nSPS) is 11.3. The van der Waals surface area contributed by atoms with Crippen LogP contribution in [-0.4, -0.2) is 52.6 Å². The van der Waals surface area contributed by atoms with Crippen LogP contribution in [-0.2, 0) is 0 Å². The van der Waals surface area contributed by atoms with Gasteiger partial charge in [-0.1, -0.05) is 31.4 Å². The fourth-order valence-electron chi connectivity index (χ4n) is 3.16. The van der Waals surface area contributed by atoms with E-state index in [4.69, 9.17) is 0 Å². The van der Waals surface area contributed by atoms with Gasteiger partial charge in [-0.3, -0.25) is 4.79 Å². The van der Waals surface area contributed by atoms with Crippen molar-refractivity contribution in [3.05, 3.63) is 97.1 Å². The van der Waals surface area contributed by atoms with Gasteiger partial charge in [0.15, 0.2) is 5.82 Å². The lowest BCUT2D eigenvalue weighted by atomic mass is 10.0. The maximum Gasteiger partial charge on any atom is 0.251 e. The molecule has 0 saturated heterocycles. The molecule has 0 aliphatic rings. The van der Waals surface area contributed by atoms with Crippen molar-refractivity contribution < 1.29 is 9.90 Å². The summed E-state index contributed by atoms with van der Waals surface area (Å²) in [4.78, 5) is 18.9. The Kier molecular flexibility index (Phi) is 7.83. The van der Waals surface area contributed by atoms with Crippen LogP contribution in [0.2, 0.25) is 0 Å². The molecule has 0 saturated carbocycles. The number of nitrogens with one attached hydrogen (secondary N) is 2. The summed E-state index contributed by atoms with van der Waals surface area (Å²) >= 11 is 0. The van der Waals surface area contributed by atoms with E-state index >= 15 is 0 Å². The zero-order valence-electron chi connectivity index (χ0n) is 19.0. The summed E-state index contributed by atoms with van der Waals surface area (Å²) in [5, 5.41) is 15.6. The highest BCUT2D eigenvalue weighted by Gasteiger charge is 2.10. The molecular weight excluding hydrogens is 414 g/mol. The minimum atomic E-state index is -0.114. The maximum atomic E-state index is 12.5. The summed E-state index contributed by atoms with van der Waals surface area (Å²) in [6.45, 7) is 9.38. The van der Waals surface area contributed by atoms with Crippen LogP contribution < -0.4 is 10.6 Å². The molecular formula is C26H29N5O2. The number of hydrogen-bond acceptors (Lipinski definition) is 5. The number of aromatic hydroxyl groups is 1. The van der Waals surface area contributed by atoms with E-state index in [0.29, 0.717) is 23.6 Å². The van der Waals surface area contributed by atoms with Gasteiger partial charge < -0.3 is 25.2 Å². The van der Waals surface area contributed by atoms with E-state index < -0.39 is 0 Å². The molecule has 0 unspecified atom stereocenters. The van der Waals surface area contributed by atoms with Crippen molar-refractivity contribution in [2.45, 2.75) is 0 Å². The third kappa shape index (κ3) is 6.44. The molecule has 0 aliphatic heterocycles. The Morgan fingerprint density at radius 2 is 1.91 bits per heavy atom. The number of phenolic OH excluding ortho intramolecular Hbond substituents is 1. The zero-order valence-corrected chi connectivity index (χ0v) is 19.0. The molecule has 3 N–H and O–H groups in total. The van der Waals surface area contributed by atoms with Gasteiger partial charge in [-0.05, 0) is 61.6 Å². The Labute approximate surface area is 194 Å². The summed E-state index contributed by atoms with van der Waals surface area (Å²) in [5.41, 5.74) is 3.66. The summed E-state index contributed by atoms with van der Waals surface area (Å²) in [5.74, 6) is 0.705. The number of allylic oxidation sites excluding steroid dienone is 2. The topological polar surface area (TPSA) is 82.4 Å². The predicted molar refractivity (Wildman–Crippen MR) is 135 cm³/mol. The molecule has 0 fully saturated rings. The molecule has 0 spiro atoms. The third-order valence-corrected chi connectivity index (χ3v) is 4.90. The van der Waals surface area contributed by atoms with Crippen LogP contribution in [0.25, 0.3) is 17.5 Å². The van der Waals surface area contributed by atoms with Crippen LogP contribution in [0.15, 0.2) is 80.2 Å². The number of rotatable bonds is 10. The van der Waals surface area contributed by atoms with Gasteiger partial charge in [-0.25, -0.2) is 4.98 Å². The van der Waals surface area contributed by atoms with Gasteiger partial charge in [0, 0.05) is 42.9 Å². The molecule has 1 heterocycles. The van der Waals surface area contributed by atoms with Crippen LogP contribution in [0.1, 0.15) is 21.7 Å². The lowest BCUT2D eigenvalue weighted by Crippen LogP contribution is -2.31. The predicted octanol–water partition coefficient (Wildman–Crippen LogP) is 4.15. The number of phenols is 1. The van der Waals surface area contributed by atoms with Crippen molar-refractivity contribution in [3.8, 4) is 5.75 Å². The zero-order chi connectivity index (χ0) is 23.8. The summed E-state index contributed by atoms with van der Waals surface area (Å²) in [7, 11) is 3.93. The number of hydrogen-bond donors (Lipinski definition) is 3. The smallest absolute Gasteiger partial charge is 0.251 e. The minimum Gasteiger partial charge on any atom is -0.508 e. The largest absolute Gasteiger partial charge is 0.508 e. The second kappa shape index (κ2) is 11.0. The lowest BCUT2D eigenvalue weighted by Gasteiger charge is -2.12. The highest BCUT2D eigenvalue weighted by atomic mass is 16.3. The molecule has 1 aromatic heterocycles. The van der Waals surface area contributed by atoms with Crippen LogP contribution in [0.5, 0.6) is 5.75 Å². The van der Waals surface area contributed by atoms with Crippen LogP contribution in [0.3, 0.4) is 0 Å². The van der Waals surface area contributed by atoms with E-state index in [1.54, 1.807) is 42.6 Å². The van der Waals surface area contributed by atoms with Crippen LogP contribution in [0, 0.1) is 0 Å². The van der Waals surface area contributed by atoms with Gasteiger partial charge in [0.25, 0.3) is 5.91 Å². The van der Waals surface area contributed by atoms with Gasteiger partial charge in [-0.2, -0.15) is 0 Å². The van der Waals surface area contributed by atoms with Crippen molar-refractivity contribution in [2.75, 3.05) is 32.5 Å². The van der Waals surface area contributed by atoms with Gasteiger partial charge in [0.2, 0.25) is 0 Å². The lowest BCUT2D eigenvalue weighted by molar-refractivity contribution is 0.0951. The molecule has 1 amide bonds. The number of nitrogens with zero attached hydrogens (tertiary/aromatic N) is 3. The highest BCUT2D eigenvalue weighted by Crippen LogP contribution is 2.22. The van der Waals surface area contributed by atoms with E-state index in [2.05, 4.69) is 28.8 Å². The van der Waals surface area contributed by atoms with Crippen LogP contribution >= 0.6 is 0 Å². The first kappa shape index (κ1) is 23.6.